The number of benzene rings is 3. The Morgan fingerprint density at radius 2 is 1.00 bits per heavy atom. The lowest BCUT2D eigenvalue weighted by molar-refractivity contribution is -0.108. The summed E-state index contributed by atoms with van der Waals surface area (Å²) in [5.74, 6) is 0.199. The molecule has 0 bridgehead atoms. The number of ether oxygens (including phenoxy) is 2. The fourth-order valence-corrected chi connectivity index (χ4v) is 3.92. The van der Waals surface area contributed by atoms with Crippen LogP contribution in [0.5, 0.6) is 11.5 Å². The van der Waals surface area contributed by atoms with Crippen LogP contribution in [0, 0.1) is 0 Å². The van der Waals surface area contributed by atoms with Crippen LogP contribution in [0.3, 0.4) is 0 Å². The van der Waals surface area contributed by atoms with E-state index in [1.54, 1.807) is 60.7 Å². The van der Waals surface area contributed by atoms with Crippen molar-refractivity contribution in [2.45, 2.75) is 6.03 Å². The van der Waals surface area contributed by atoms with E-state index >= 15 is 0 Å². The first-order valence-corrected chi connectivity index (χ1v) is 8.55. The van der Waals surface area contributed by atoms with E-state index in [9.17, 15) is 9.59 Å². The van der Waals surface area contributed by atoms with Gasteiger partial charge in [0.05, 0.1) is 22.5 Å². The van der Waals surface area contributed by atoms with Crippen LogP contribution in [0.1, 0.15) is 20.7 Å². The molecule has 3 heterocycles. The van der Waals surface area contributed by atoms with E-state index in [2.05, 4.69) is 0 Å². The summed E-state index contributed by atoms with van der Waals surface area (Å²) in [5, 5.41) is 0. The lowest BCUT2D eigenvalue weighted by atomic mass is 10.1. The van der Waals surface area contributed by atoms with Gasteiger partial charge in [0.25, 0.3) is 11.8 Å². The normalized spacial score (nSPS) is 17.8. The highest BCUT2D eigenvalue weighted by atomic mass is 16.8. The molecule has 6 nitrogen and oxygen atoms in total. The van der Waals surface area contributed by atoms with Crippen molar-refractivity contribution < 1.29 is 19.1 Å². The van der Waals surface area contributed by atoms with Gasteiger partial charge in [-0.05, 0) is 36.4 Å². The molecule has 3 aliphatic rings. The van der Waals surface area contributed by atoms with Crippen molar-refractivity contribution in [3.05, 3.63) is 83.9 Å². The Labute approximate surface area is 154 Å². The first kappa shape index (κ1) is 14.4. The van der Waals surface area contributed by atoms with Gasteiger partial charge in [-0.1, -0.05) is 36.4 Å². The average molecular weight is 356 g/mol. The Balaban J connectivity index is 1.68. The standard InChI is InChI=1S/C21H12N2O4/c24-19-13-7-1-5-11-17(13)26-21-22(19)15-9-3-4-10-16(15)23(21)20(25)14-8-2-6-12-18(14)27-21/h1-12H. The molecule has 130 valence electrons. The van der Waals surface area contributed by atoms with Gasteiger partial charge in [0, 0.05) is 0 Å². The van der Waals surface area contributed by atoms with Gasteiger partial charge >= 0.3 is 6.03 Å². The molecule has 2 amide bonds. The molecular weight excluding hydrogens is 344 g/mol. The lowest BCUT2D eigenvalue weighted by Gasteiger charge is -2.46. The van der Waals surface area contributed by atoms with Gasteiger partial charge in [-0.2, -0.15) is 0 Å². The summed E-state index contributed by atoms with van der Waals surface area (Å²) in [6.07, 6.45) is 0. The molecule has 0 atom stereocenters. The van der Waals surface area contributed by atoms with Gasteiger partial charge in [0.1, 0.15) is 11.5 Å². The molecule has 0 fully saturated rings. The Bertz CT molecular complexity index is 1070. The summed E-state index contributed by atoms with van der Waals surface area (Å²) in [6, 6.07) is 19.4. The van der Waals surface area contributed by atoms with Gasteiger partial charge in [0.15, 0.2) is 0 Å². The van der Waals surface area contributed by atoms with E-state index in [0.29, 0.717) is 34.0 Å². The maximum Gasteiger partial charge on any atom is 0.449 e. The van der Waals surface area contributed by atoms with Crippen LogP contribution in [0.2, 0.25) is 0 Å². The van der Waals surface area contributed by atoms with Crippen molar-refractivity contribution in [3.8, 4) is 11.5 Å². The smallest absolute Gasteiger partial charge is 0.416 e. The Kier molecular flexibility index (Phi) is 2.49. The monoisotopic (exact) mass is 356 g/mol. The number of rotatable bonds is 0. The first-order chi connectivity index (χ1) is 13.2. The number of fused-ring (bicyclic) bond motifs is 5. The van der Waals surface area contributed by atoms with Crippen LogP contribution in [0.4, 0.5) is 11.4 Å². The number of nitrogens with zero attached hydrogens (tertiary/aromatic N) is 2. The molecule has 0 radical (unpaired) electrons. The lowest BCUT2D eigenvalue weighted by Crippen LogP contribution is -2.71. The third-order valence-electron chi connectivity index (χ3n) is 5.06. The summed E-state index contributed by atoms with van der Waals surface area (Å²) >= 11 is 0. The molecule has 6 heteroatoms. The topological polar surface area (TPSA) is 59.1 Å². The third kappa shape index (κ3) is 1.60. The highest BCUT2D eigenvalue weighted by Crippen LogP contribution is 2.53. The predicted octanol–water partition coefficient (Wildman–Crippen LogP) is 3.39. The highest BCUT2D eigenvalue weighted by Gasteiger charge is 2.65. The van der Waals surface area contributed by atoms with E-state index in [1.165, 1.54) is 9.80 Å². The van der Waals surface area contributed by atoms with Gasteiger partial charge in [-0.15, -0.1) is 0 Å². The Hall–Kier alpha value is -3.80. The first-order valence-electron chi connectivity index (χ1n) is 8.55. The number of para-hydroxylation sites is 4. The van der Waals surface area contributed by atoms with Crippen molar-refractivity contribution in [1.29, 1.82) is 0 Å². The number of hydrogen-bond acceptors (Lipinski definition) is 4. The molecule has 0 saturated heterocycles. The largest absolute Gasteiger partial charge is 0.449 e. The second kappa shape index (κ2) is 4.67. The molecule has 27 heavy (non-hydrogen) atoms. The second-order valence-electron chi connectivity index (χ2n) is 6.51. The minimum Gasteiger partial charge on any atom is -0.416 e. The molecular formula is C21H12N2O4. The van der Waals surface area contributed by atoms with Gasteiger partial charge in [0.2, 0.25) is 0 Å². The molecule has 0 aliphatic carbocycles. The summed E-state index contributed by atoms with van der Waals surface area (Å²) in [4.78, 5) is 29.5. The third-order valence-corrected chi connectivity index (χ3v) is 5.06. The molecule has 0 N–H and O–H groups in total. The van der Waals surface area contributed by atoms with Crippen LogP contribution in [-0.4, -0.2) is 17.8 Å². The number of hydrogen-bond donors (Lipinski definition) is 0. The quantitative estimate of drug-likeness (QED) is 0.620. The Morgan fingerprint density at radius 1 is 0.593 bits per heavy atom. The second-order valence-corrected chi connectivity index (χ2v) is 6.51. The minimum absolute atomic E-state index is 0.279. The van der Waals surface area contributed by atoms with E-state index < -0.39 is 6.03 Å². The fourth-order valence-electron chi connectivity index (χ4n) is 3.92. The van der Waals surface area contributed by atoms with E-state index in [0.717, 1.165) is 0 Å². The fraction of sp³-hybridized carbons (Fsp3) is 0.0476. The SMILES string of the molecule is O=C1c2ccccc2OC23Oc4ccccc4C(=O)N2c2ccccc2N13. The molecule has 0 saturated carbocycles. The number of carbonyl (C=O) groups excluding carboxylic acids is 2. The number of anilines is 2. The van der Waals surface area contributed by atoms with Gasteiger partial charge in [-0.3, -0.25) is 9.59 Å². The van der Waals surface area contributed by atoms with Gasteiger partial charge in [-0.25, -0.2) is 9.80 Å². The Morgan fingerprint density at radius 3 is 1.48 bits per heavy atom. The molecule has 1 spiro atoms. The molecule has 3 aromatic carbocycles. The summed E-state index contributed by atoms with van der Waals surface area (Å²) < 4.78 is 12.4. The van der Waals surface area contributed by atoms with Crippen molar-refractivity contribution in [2.75, 3.05) is 9.80 Å². The van der Waals surface area contributed by atoms with E-state index in [4.69, 9.17) is 9.47 Å². The molecule has 6 rings (SSSR count). The zero-order valence-corrected chi connectivity index (χ0v) is 14.0. The maximum absolute atomic E-state index is 13.4. The maximum atomic E-state index is 13.4. The summed E-state index contributed by atoms with van der Waals surface area (Å²) in [5.41, 5.74) is 1.99. The number of amides is 2. The zero-order chi connectivity index (χ0) is 18.2. The summed E-state index contributed by atoms with van der Waals surface area (Å²) in [7, 11) is 0. The summed E-state index contributed by atoms with van der Waals surface area (Å²) in [6.45, 7) is 0. The predicted molar refractivity (Wildman–Crippen MR) is 96.9 cm³/mol. The van der Waals surface area contributed by atoms with E-state index in [-0.39, 0.29) is 11.8 Å². The average Bonchev–Trinajstić information content (AvgIpc) is 2.98. The van der Waals surface area contributed by atoms with Crippen LogP contribution in [0.15, 0.2) is 72.8 Å². The molecule has 0 aromatic heterocycles. The van der Waals surface area contributed by atoms with Crippen molar-refractivity contribution in [3.63, 3.8) is 0 Å². The minimum atomic E-state index is -1.71. The van der Waals surface area contributed by atoms with Gasteiger partial charge < -0.3 is 9.47 Å². The molecule has 3 aromatic rings. The van der Waals surface area contributed by atoms with Crippen LogP contribution < -0.4 is 19.3 Å². The van der Waals surface area contributed by atoms with Crippen molar-refractivity contribution in [2.24, 2.45) is 0 Å². The van der Waals surface area contributed by atoms with E-state index in [1.807, 2.05) is 12.1 Å². The number of carbonyl (C=O) groups is 2. The van der Waals surface area contributed by atoms with Crippen LogP contribution in [0.25, 0.3) is 0 Å². The van der Waals surface area contributed by atoms with Crippen LogP contribution in [-0.2, 0) is 0 Å². The molecule has 0 unspecified atom stereocenters. The highest BCUT2D eigenvalue weighted by molar-refractivity contribution is 6.20. The zero-order valence-electron chi connectivity index (χ0n) is 14.0. The van der Waals surface area contributed by atoms with Crippen molar-refractivity contribution in [1.82, 2.24) is 0 Å². The van der Waals surface area contributed by atoms with Crippen LogP contribution >= 0.6 is 0 Å². The van der Waals surface area contributed by atoms with Crippen molar-refractivity contribution >= 4 is 23.2 Å². The molecule has 3 aliphatic heterocycles.